The van der Waals surface area contributed by atoms with Crippen LogP contribution >= 0.6 is 0 Å². The highest BCUT2D eigenvalue weighted by molar-refractivity contribution is 5.88. The van der Waals surface area contributed by atoms with E-state index in [9.17, 15) is 4.79 Å². The number of carbonyl (C=O) groups is 1. The van der Waals surface area contributed by atoms with E-state index in [1.807, 2.05) is 10.7 Å². The van der Waals surface area contributed by atoms with E-state index in [0.717, 1.165) is 57.0 Å². The zero-order chi connectivity index (χ0) is 19.2. The smallest absolute Gasteiger partial charge is 0.320 e. The van der Waals surface area contributed by atoms with Crippen LogP contribution in [-0.4, -0.2) is 44.9 Å². The Balaban J connectivity index is 1.25. The maximum atomic E-state index is 12.5. The average molecular weight is 381 g/mol. The van der Waals surface area contributed by atoms with Crippen LogP contribution in [0.25, 0.3) is 0 Å². The molecule has 3 heterocycles. The second-order valence-corrected chi connectivity index (χ2v) is 7.47. The Morgan fingerprint density at radius 2 is 2.04 bits per heavy atom. The Labute approximate surface area is 165 Å². The second kappa shape index (κ2) is 8.86. The average Bonchev–Trinajstić information content (AvgIpc) is 3.16. The van der Waals surface area contributed by atoms with Gasteiger partial charge in [-0.15, -0.1) is 0 Å². The van der Waals surface area contributed by atoms with Crippen LogP contribution in [0.1, 0.15) is 32.1 Å². The third-order valence-electron chi connectivity index (χ3n) is 5.47. The molecule has 1 saturated heterocycles. The molecule has 1 aliphatic heterocycles. The van der Waals surface area contributed by atoms with Crippen LogP contribution in [0.2, 0.25) is 0 Å². The molecule has 1 aliphatic carbocycles. The summed E-state index contributed by atoms with van der Waals surface area (Å²) in [5, 5.41) is 10.4. The number of piperidine rings is 1. The van der Waals surface area contributed by atoms with Crippen LogP contribution in [0.3, 0.4) is 0 Å². The fourth-order valence-corrected chi connectivity index (χ4v) is 3.90. The largest absolute Gasteiger partial charge is 0.355 e. The molecule has 2 aromatic heterocycles. The van der Waals surface area contributed by atoms with Crippen LogP contribution < -0.4 is 15.5 Å². The quantitative estimate of drug-likeness (QED) is 0.778. The molecule has 1 fully saturated rings. The molecule has 1 atom stereocenters. The highest BCUT2D eigenvalue weighted by Gasteiger charge is 2.22. The summed E-state index contributed by atoms with van der Waals surface area (Å²) in [7, 11) is 0. The number of aromatic nitrogens is 4. The van der Waals surface area contributed by atoms with Gasteiger partial charge in [-0.1, -0.05) is 12.2 Å². The Bertz CT molecular complexity index is 796. The van der Waals surface area contributed by atoms with Gasteiger partial charge in [-0.25, -0.2) is 14.5 Å². The third-order valence-corrected chi connectivity index (χ3v) is 5.47. The van der Waals surface area contributed by atoms with Gasteiger partial charge >= 0.3 is 6.03 Å². The lowest BCUT2D eigenvalue weighted by molar-refractivity contribution is 0.245. The predicted molar refractivity (Wildman–Crippen MR) is 108 cm³/mol. The fraction of sp³-hybridized carbons (Fsp3) is 0.500. The van der Waals surface area contributed by atoms with E-state index in [1.165, 1.54) is 6.42 Å². The highest BCUT2D eigenvalue weighted by atomic mass is 16.2. The number of carbonyl (C=O) groups excluding carboxylic acids is 1. The summed E-state index contributed by atoms with van der Waals surface area (Å²) in [5.41, 5.74) is 0. The van der Waals surface area contributed by atoms with Crippen LogP contribution in [0.5, 0.6) is 0 Å². The Hall–Kier alpha value is -2.90. The number of urea groups is 1. The van der Waals surface area contributed by atoms with Crippen molar-refractivity contribution in [3.63, 3.8) is 0 Å². The highest BCUT2D eigenvalue weighted by Crippen LogP contribution is 2.21. The molecule has 2 aliphatic rings. The minimum absolute atomic E-state index is 0.160. The Morgan fingerprint density at radius 3 is 2.79 bits per heavy atom. The minimum atomic E-state index is -0.164. The van der Waals surface area contributed by atoms with Crippen molar-refractivity contribution in [2.75, 3.05) is 23.3 Å². The van der Waals surface area contributed by atoms with Crippen molar-refractivity contribution < 1.29 is 4.79 Å². The van der Waals surface area contributed by atoms with E-state index in [2.05, 4.69) is 42.8 Å². The third kappa shape index (κ3) is 4.68. The first-order chi connectivity index (χ1) is 13.8. The molecule has 28 heavy (non-hydrogen) atoms. The van der Waals surface area contributed by atoms with Gasteiger partial charge in [0, 0.05) is 44.1 Å². The van der Waals surface area contributed by atoms with Crippen molar-refractivity contribution in [1.29, 1.82) is 0 Å². The molecule has 2 N–H and O–H groups in total. The zero-order valence-electron chi connectivity index (χ0n) is 16.0. The first-order valence-electron chi connectivity index (χ1n) is 10.0. The van der Waals surface area contributed by atoms with Gasteiger partial charge in [0.05, 0.1) is 12.4 Å². The zero-order valence-corrected chi connectivity index (χ0v) is 16.0. The lowest BCUT2D eigenvalue weighted by Crippen LogP contribution is -2.46. The molecule has 0 radical (unpaired) electrons. The summed E-state index contributed by atoms with van der Waals surface area (Å²) in [6.45, 7) is 2.55. The van der Waals surface area contributed by atoms with Gasteiger partial charge in [0.2, 0.25) is 0 Å². The Kier molecular flexibility index (Phi) is 5.84. The first-order valence-corrected chi connectivity index (χ1v) is 10.0. The molecule has 0 bridgehead atoms. The number of hydrogen-bond acceptors (Lipinski definition) is 5. The molecule has 4 rings (SSSR count). The van der Waals surface area contributed by atoms with Crippen molar-refractivity contribution in [3.8, 4) is 0 Å². The van der Waals surface area contributed by atoms with E-state index in [1.54, 1.807) is 24.8 Å². The van der Waals surface area contributed by atoms with Crippen molar-refractivity contribution >= 4 is 17.7 Å². The number of nitrogens with zero attached hydrogens (tertiary/aromatic N) is 5. The molecule has 8 heteroatoms. The number of allylic oxidation sites excluding steroid dienone is 2. The van der Waals surface area contributed by atoms with Gasteiger partial charge in [0.1, 0.15) is 11.6 Å². The summed E-state index contributed by atoms with van der Waals surface area (Å²) in [4.78, 5) is 23.1. The normalized spacial score (nSPS) is 20.1. The molecule has 0 spiro atoms. The number of amides is 2. The first kappa shape index (κ1) is 18.5. The summed E-state index contributed by atoms with van der Waals surface area (Å²) in [6.07, 6.45) is 16.5. The summed E-state index contributed by atoms with van der Waals surface area (Å²) in [6, 6.07) is 1.85. The van der Waals surface area contributed by atoms with E-state index in [-0.39, 0.29) is 12.1 Å². The molecule has 8 nitrogen and oxygen atoms in total. The number of nitrogens with one attached hydrogen (secondary N) is 2. The molecular formula is C20H27N7O. The summed E-state index contributed by atoms with van der Waals surface area (Å²) >= 11 is 0. The molecule has 0 aromatic carbocycles. The minimum Gasteiger partial charge on any atom is -0.355 e. The van der Waals surface area contributed by atoms with Crippen LogP contribution in [0.15, 0.2) is 43.0 Å². The van der Waals surface area contributed by atoms with Gasteiger partial charge < -0.3 is 10.2 Å². The van der Waals surface area contributed by atoms with E-state index in [4.69, 9.17) is 0 Å². The van der Waals surface area contributed by atoms with Gasteiger partial charge in [-0.3, -0.25) is 10.3 Å². The van der Waals surface area contributed by atoms with E-state index < -0.39 is 0 Å². The maximum absolute atomic E-state index is 12.5. The standard InChI is InChI=1S/C20H27N7O/c28-20(24-17-7-12-26(13-8-17)19-14-21-10-11-22-19)25-18-6-9-23-27(18)15-16-4-2-1-3-5-16/h1-2,6,9-11,14,16-17H,3-5,7-8,12-13,15H2,(H2,24,25,28)/t16-/m1/s1. The van der Waals surface area contributed by atoms with Crippen molar-refractivity contribution in [2.24, 2.45) is 5.92 Å². The van der Waals surface area contributed by atoms with E-state index in [0.29, 0.717) is 5.92 Å². The fourth-order valence-electron chi connectivity index (χ4n) is 3.90. The van der Waals surface area contributed by atoms with Gasteiger partial charge in [0.15, 0.2) is 0 Å². The van der Waals surface area contributed by atoms with Crippen LogP contribution in [0, 0.1) is 5.92 Å². The number of rotatable bonds is 5. The van der Waals surface area contributed by atoms with Crippen LogP contribution in [0.4, 0.5) is 16.4 Å². The SMILES string of the molecule is O=C(Nc1ccnn1C[C@@H]1CC=CCC1)NC1CCN(c2cnccn2)CC1. The van der Waals surface area contributed by atoms with E-state index >= 15 is 0 Å². The lowest BCUT2D eigenvalue weighted by atomic mass is 9.94. The summed E-state index contributed by atoms with van der Waals surface area (Å²) in [5.74, 6) is 2.23. The second-order valence-electron chi connectivity index (χ2n) is 7.47. The van der Waals surface area contributed by atoms with Crippen molar-refractivity contribution in [3.05, 3.63) is 43.0 Å². The lowest BCUT2D eigenvalue weighted by Gasteiger charge is -2.32. The molecule has 2 aromatic rings. The topological polar surface area (TPSA) is 88.0 Å². The van der Waals surface area contributed by atoms with Crippen molar-refractivity contribution in [1.82, 2.24) is 25.1 Å². The van der Waals surface area contributed by atoms with Crippen LogP contribution in [-0.2, 0) is 6.54 Å². The van der Waals surface area contributed by atoms with Gasteiger partial charge in [-0.2, -0.15) is 5.10 Å². The summed E-state index contributed by atoms with van der Waals surface area (Å²) < 4.78 is 1.90. The van der Waals surface area contributed by atoms with Crippen molar-refractivity contribution in [2.45, 2.75) is 44.7 Å². The number of hydrogen-bond donors (Lipinski definition) is 2. The molecule has 148 valence electrons. The predicted octanol–water partition coefficient (Wildman–Crippen LogP) is 2.82. The maximum Gasteiger partial charge on any atom is 0.320 e. The molecule has 0 saturated carbocycles. The van der Waals surface area contributed by atoms with Gasteiger partial charge in [0.25, 0.3) is 0 Å². The Morgan fingerprint density at radius 1 is 1.14 bits per heavy atom. The molecule has 2 amide bonds. The number of anilines is 2. The molecular weight excluding hydrogens is 354 g/mol. The van der Waals surface area contributed by atoms with Gasteiger partial charge in [-0.05, 0) is 38.0 Å². The monoisotopic (exact) mass is 381 g/mol. The molecule has 0 unspecified atom stereocenters.